The molecule has 74 valence electrons. The molecule has 0 saturated heterocycles. The highest BCUT2D eigenvalue weighted by Crippen LogP contribution is 2.21. The molecule has 0 heterocycles. The number of nitriles is 1. The van der Waals surface area contributed by atoms with Gasteiger partial charge in [-0.15, -0.1) is 0 Å². The molecule has 0 aliphatic rings. The van der Waals surface area contributed by atoms with Crippen LogP contribution in [0.3, 0.4) is 0 Å². The van der Waals surface area contributed by atoms with E-state index >= 15 is 0 Å². The Labute approximate surface area is 78.3 Å². The van der Waals surface area contributed by atoms with E-state index in [1.807, 2.05) is 13.8 Å². The first-order valence-corrected chi connectivity index (χ1v) is 4.29. The third-order valence-electron chi connectivity index (χ3n) is 1.94. The van der Waals surface area contributed by atoms with Gasteiger partial charge in [-0.1, -0.05) is 0 Å². The number of carboxylic acid groups (broad SMARTS) is 1. The molecule has 1 atom stereocenters. The van der Waals surface area contributed by atoms with Crippen molar-refractivity contribution in [3.05, 3.63) is 0 Å². The lowest BCUT2D eigenvalue weighted by Gasteiger charge is -2.15. The van der Waals surface area contributed by atoms with E-state index < -0.39 is 12.0 Å². The van der Waals surface area contributed by atoms with Crippen LogP contribution >= 0.6 is 0 Å². The fourth-order valence-electron chi connectivity index (χ4n) is 0.943. The second-order valence-electron chi connectivity index (χ2n) is 3.83. The molecule has 3 N–H and O–H groups in total. The van der Waals surface area contributed by atoms with Crippen LogP contribution in [0, 0.1) is 16.7 Å². The third-order valence-corrected chi connectivity index (χ3v) is 1.94. The Morgan fingerprint density at radius 1 is 1.69 bits per heavy atom. The highest BCUT2D eigenvalue weighted by Gasteiger charge is 2.18. The van der Waals surface area contributed by atoms with Gasteiger partial charge in [-0.25, -0.2) is 0 Å². The summed E-state index contributed by atoms with van der Waals surface area (Å²) in [6.45, 7) is 3.67. The van der Waals surface area contributed by atoms with Gasteiger partial charge in [0.05, 0.1) is 11.5 Å². The molecule has 0 amide bonds. The van der Waals surface area contributed by atoms with Crippen molar-refractivity contribution in [2.24, 2.45) is 11.1 Å². The molecule has 0 fully saturated rings. The molecule has 0 unspecified atom stereocenters. The van der Waals surface area contributed by atoms with Crippen LogP contribution in [0.2, 0.25) is 0 Å². The van der Waals surface area contributed by atoms with E-state index in [9.17, 15) is 4.79 Å². The molecule has 0 aliphatic carbocycles. The quantitative estimate of drug-likeness (QED) is 0.670. The lowest BCUT2D eigenvalue weighted by atomic mass is 9.88. The molecule has 0 aromatic carbocycles. The van der Waals surface area contributed by atoms with Crippen LogP contribution in [0.5, 0.6) is 0 Å². The third kappa shape index (κ3) is 5.21. The van der Waals surface area contributed by atoms with Crippen molar-refractivity contribution in [2.45, 2.75) is 39.2 Å². The minimum atomic E-state index is -0.977. The lowest BCUT2D eigenvalue weighted by molar-refractivity contribution is -0.138. The van der Waals surface area contributed by atoms with Gasteiger partial charge < -0.3 is 10.8 Å². The van der Waals surface area contributed by atoms with E-state index in [-0.39, 0.29) is 5.41 Å². The van der Waals surface area contributed by atoms with Crippen molar-refractivity contribution in [1.29, 1.82) is 5.26 Å². The summed E-state index contributed by atoms with van der Waals surface area (Å²) in [5.41, 5.74) is 4.93. The molecule has 0 aliphatic heterocycles. The Kier molecular flexibility index (Phi) is 4.43. The predicted molar refractivity (Wildman–Crippen MR) is 48.9 cm³/mol. The molecule has 0 spiro atoms. The second-order valence-corrected chi connectivity index (χ2v) is 3.83. The Morgan fingerprint density at radius 2 is 2.23 bits per heavy atom. The van der Waals surface area contributed by atoms with Crippen LogP contribution in [0.1, 0.15) is 33.1 Å². The summed E-state index contributed by atoms with van der Waals surface area (Å²) in [5.74, 6) is -0.977. The number of nitrogens with two attached hydrogens (primary N) is 1. The molecular weight excluding hydrogens is 168 g/mol. The molecule has 4 nitrogen and oxygen atoms in total. The van der Waals surface area contributed by atoms with Crippen LogP contribution < -0.4 is 5.73 Å². The van der Waals surface area contributed by atoms with Gasteiger partial charge in [0.2, 0.25) is 0 Å². The largest absolute Gasteiger partial charge is 0.480 e. The monoisotopic (exact) mass is 184 g/mol. The number of carboxylic acids is 1. The first kappa shape index (κ1) is 11.9. The summed E-state index contributed by atoms with van der Waals surface area (Å²) < 4.78 is 0. The van der Waals surface area contributed by atoms with Crippen molar-refractivity contribution in [3.8, 4) is 6.07 Å². The molecule has 0 aromatic heterocycles. The van der Waals surface area contributed by atoms with E-state index in [2.05, 4.69) is 6.07 Å². The number of hydrogen-bond donors (Lipinski definition) is 2. The van der Waals surface area contributed by atoms with Crippen LogP contribution in [0.4, 0.5) is 0 Å². The predicted octanol–water partition coefficient (Wildman–Crippen LogP) is 1.12. The molecule has 0 radical (unpaired) electrons. The lowest BCUT2D eigenvalue weighted by Crippen LogP contribution is -2.30. The Hall–Kier alpha value is -1.08. The van der Waals surface area contributed by atoms with Gasteiger partial charge in [-0.3, -0.25) is 4.79 Å². The van der Waals surface area contributed by atoms with Crippen molar-refractivity contribution >= 4 is 5.97 Å². The molecule has 0 aromatic rings. The zero-order valence-electron chi connectivity index (χ0n) is 8.08. The molecule has 0 bridgehead atoms. The standard InChI is InChI=1S/C9H16N2O2/c1-9(2,6-10)5-3-4-7(11)8(12)13/h7H,3-5,11H2,1-2H3,(H,12,13)/t7-/m0/s1. The molecule has 13 heavy (non-hydrogen) atoms. The van der Waals surface area contributed by atoms with Crippen LogP contribution in [-0.4, -0.2) is 17.1 Å². The number of nitrogens with zero attached hydrogens (tertiary/aromatic N) is 1. The minimum Gasteiger partial charge on any atom is -0.480 e. The van der Waals surface area contributed by atoms with Crippen molar-refractivity contribution in [3.63, 3.8) is 0 Å². The Morgan fingerprint density at radius 3 is 2.62 bits per heavy atom. The highest BCUT2D eigenvalue weighted by atomic mass is 16.4. The average molecular weight is 184 g/mol. The topological polar surface area (TPSA) is 87.1 Å². The SMILES string of the molecule is CC(C)(C#N)CCC[C@H](N)C(=O)O. The maximum absolute atomic E-state index is 10.3. The number of carbonyl (C=O) groups is 1. The van der Waals surface area contributed by atoms with Gasteiger partial charge in [0, 0.05) is 0 Å². The fourth-order valence-corrected chi connectivity index (χ4v) is 0.943. The maximum Gasteiger partial charge on any atom is 0.320 e. The van der Waals surface area contributed by atoms with Crippen molar-refractivity contribution in [2.75, 3.05) is 0 Å². The van der Waals surface area contributed by atoms with Gasteiger partial charge in [0.25, 0.3) is 0 Å². The minimum absolute atomic E-state index is 0.377. The summed E-state index contributed by atoms with van der Waals surface area (Å²) in [5, 5.41) is 17.1. The average Bonchev–Trinajstić information content (AvgIpc) is 2.04. The van der Waals surface area contributed by atoms with E-state index in [1.54, 1.807) is 0 Å². The Bertz CT molecular complexity index is 218. The normalized spacial score (nSPS) is 13.4. The molecule has 4 heteroatoms. The maximum atomic E-state index is 10.3. The van der Waals surface area contributed by atoms with Crippen molar-refractivity contribution < 1.29 is 9.90 Å². The van der Waals surface area contributed by atoms with Gasteiger partial charge in [0.1, 0.15) is 6.04 Å². The molecular formula is C9H16N2O2. The van der Waals surface area contributed by atoms with E-state index in [0.29, 0.717) is 19.3 Å². The summed E-state index contributed by atoms with van der Waals surface area (Å²) >= 11 is 0. The zero-order chi connectivity index (χ0) is 10.5. The second kappa shape index (κ2) is 4.83. The number of rotatable bonds is 5. The van der Waals surface area contributed by atoms with Crippen LogP contribution in [0.25, 0.3) is 0 Å². The fraction of sp³-hybridized carbons (Fsp3) is 0.778. The van der Waals surface area contributed by atoms with E-state index in [4.69, 9.17) is 16.1 Å². The highest BCUT2D eigenvalue weighted by molar-refractivity contribution is 5.72. The van der Waals surface area contributed by atoms with E-state index in [1.165, 1.54) is 0 Å². The van der Waals surface area contributed by atoms with Crippen molar-refractivity contribution in [1.82, 2.24) is 0 Å². The van der Waals surface area contributed by atoms with Crippen LogP contribution in [-0.2, 0) is 4.79 Å². The first-order chi connectivity index (χ1) is 5.89. The summed E-state index contributed by atoms with van der Waals surface area (Å²) in [4.78, 5) is 10.3. The van der Waals surface area contributed by atoms with E-state index in [0.717, 1.165) is 0 Å². The smallest absolute Gasteiger partial charge is 0.320 e. The van der Waals surface area contributed by atoms with Crippen LogP contribution in [0.15, 0.2) is 0 Å². The summed E-state index contributed by atoms with van der Waals surface area (Å²) in [6.07, 6.45) is 1.79. The number of aliphatic carboxylic acids is 1. The first-order valence-electron chi connectivity index (χ1n) is 4.29. The van der Waals surface area contributed by atoms with Gasteiger partial charge in [-0.2, -0.15) is 5.26 Å². The van der Waals surface area contributed by atoms with Gasteiger partial charge in [-0.05, 0) is 33.1 Å². The summed E-state index contributed by atoms with van der Waals surface area (Å²) in [7, 11) is 0. The van der Waals surface area contributed by atoms with Gasteiger partial charge >= 0.3 is 5.97 Å². The Balaban J connectivity index is 3.70. The summed E-state index contributed by atoms with van der Waals surface area (Å²) in [6, 6.07) is 1.36. The molecule has 0 saturated carbocycles. The van der Waals surface area contributed by atoms with Gasteiger partial charge in [0.15, 0.2) is 0 Å². The molecule has 0 rings (SSSR count). The number of hydrogen-bond acceptors (Lipinski definition) is 3. The zero-order valence-corrected chi connectivity index (χ0v) is 8.08.